The minimum absolute atomic E-state index is 0.0694. The number of hydrogen-bond acceptors (Lipinski definition) is 3. The highest BCUT2D eigenvalue weighted by Gasteiger charge is 2.40. The first kappa shape index (κ1) is 13.6. The van der Waals surface area contributed by atoms with Crippen LogP contribution in [0.15, 0.2) is 0 Å². The van der Waals surface area contributed by atoms with Gasteiger partial charge in [0.15, 0.2) is 0 Å². The monoisotopic (exact) mass is 265 g/mol. The van der Waals surface area contributed by atoms with E-state index in [1.807, 2.05) is 0 Å². The van der Waals surface area contributed by atoms with Crippen molar-refractivity contribution in [3.05, 3.63) is 0 Å². The summed E-state index contributed by atoms with van der Waals surface area (Å²) >= 11 is 0. The van der Waals surface area contributed by atoms with Gasteiger partial charge < -0.3 is 10.1 Å². The summed E-state index contributed by atoms with van der Waals surface area (Å²) in [5.74, 6) is 0.766. The zero-order valence-electron chi connectivity index (χ0n) is 12.0. The summed E-state index contributed by atoms with van der Waals surface area (Å²) in [5, 5.41) is 3.45. The van der Waals surface area contributed by atoms with Crippen LogP contribution in [0.25, 0.3) is 0 Å². The molecule has 19 heavy (non-hydrogen) atoms. The molecule has 2 atom stereocenters. The molecule has 0 bridgehead atoms. The van der Waals surface area contributed by atoms with Crippen LogP contribution in [-0.2, 0) is 9.53 Å². The van der Waals surface area contributed by atoms with E-state index in [-0.39, 0.29) is 11.5 Å². The van der Waals surface area contributed by atoms with Crippen molar-refractivity contribution >= 4 is 5.78 Å². The molecule has 3 fully saturated rings. The Morgan fingerprint density at radius 3 is 2.74 bits per heavy atom. The Labute approximate surface area is 116 Å². The standard InChI is InChI=1S/C16H27NO2/c18-15(11-14-5-4-9-17-14)13-6-10-19-16(12-13)7-2-1-3-8-16/h13-14,17H,1-12H2. The molecule has 3 aliphatic rings. The second kappa shape index (κ2) is 5.92. The van der Waals surface area contributed by atoms with Crippen molar-refractivity contribution in [1.29, 1.82) is 0 Å². The summed E-state index contributed by atoms with van der Waals surface area (Å²) in [6.07, 6.45) is 11.4. The van der Waals surface area contributed by atoms with Gasteiger partial charge in [-0.3, -0.25) is 4.79 Å². The molecule has 0 aromatic heterocycles. The van der Waals surface area contributed by atoms with Gasteiger partial charge in [-0.05, 0) is 45.1 Å². The van der Waals surface area contributed by atoms with E-state index in [2.05, 4.69) is 5.32 Å². The quantitative estimate of drug-likeness (QED) is 0.852. The van der Waals surface area contributed by atoms with E-state index < -0.39 is 0 Å². The summed E-state index contributed by atoms with van der Waals surface area (Å²) in [6.45, 7) is 1.89. The number of nitrogens with one attached hydrogen (secondary N) is 1. The molecule has 3 heteroatoms. The average molecular weight is 265 g/mol. The number of carbonyl (C=O) groups excluding carboxylic acids is 1. The molecule has 1 spiro atoms. The molecular weight excluding hydrogens is 238 g/mol. The van der Waals surface area contributed by atoms with Gasteiger partial charge in [0.25, 0.3) is 0 Å². The summed E-state index contributed by atoms with van der Waals surface area (Å²) in [4.78, 5) is 12.5. The fourth-order valence-corrected chi connectivity index (χ4v) is 4.19. The summed E-state index contributed by atoms with van der Waals surface area (Å²) < 4.78 is 6.09. The van der Waals surface area contributed by atoms with Gasteiger partial charge in [0.2, 0.25) is 0 Å². The minimum atomic E-state index is 0.0694. The van der Waals surface area contributed by atoms with Crippen molar-refractivity contribution in [1.82, 2.24) is 5.32 Å². The second-order valence-electron chi connectivity index (χ2n) is 6.75. The van der Waals surface area contributed by atoms with E-state index in [0.29, 0.717) is 11.8 Å². The molecule has 2 saturated heterocycles. The van der Waals surface area contributed by atoms with Crippen molar-refractivity contribution in [2.24, 2.45) is 5.92 Å². The second-order valence-corrected chi connectivity index (χ2v) is 6.75. The van der Waals surface area contributed by atoms with Crippen molar-refractivity contribution in [3.8, 4) is 0 Å². The molecule has 2 heterocycles. The third kappa shape index (κ3) is 3.19. The normalized spacial score (nSPS) is 34.5. The van der Waals surface area contributed by atoms with Crippen LogP contribution < -0.4 is 5.32 Å². The van der Waals surface area contributed by atoms with Crippen LogP contribution in [0, 0.1) is 5.92 Å². The maximum absolute atomic E-state index is 12.5. The smallest absolute Gasteiger partial charge is 0.137 e. The lowest BCUT2D eigenvalue weighted by Crippen LogP contribution is -2.44. The molecule has 3 nitrogen and oxygen atoms in total. The number of Topliss-reactive ketones (excluding diaryl/α,β-unsaturated/α-hetero) is 1. The Morgan fingerprint density at radius 1 is 1.16 bits per heavy atom. The van der Waals surface area contributed by atoms with Gasteiger partial charge in [-0.25, -0.2) is 0 Å². The molecule has 0 aromatic rings. The van der Waals surface area contributed by atoms with Crippen molar-refractivity contribution in [3.63, 3.8) is 0 Å². The molecule has 0 aromatic carbocycles. The third-order valence-corrected chi connectivity index (χ3v) is 5.32. The largest absolute Gasteiger partial charge is 0.375 e. The molecule has 0 amide bonds. The van der Waals surface area contributed by atoms with Gasteiger partial charge in [0, 0.05) is 25.0 Å². The Morgan fingerprint density at radius 2 is 2.00 bits per heavy atom. The van der Waals surface area contributed by atoms with E-state index in [1.54, 1.807) is 0 Å². The van der Waals surface area contributed by atoms with Crippen LogP contribution in [0.1, 0.15) is 64.2 Å². The van der Waals surface area contributed by atoms with Crippen LogP contribution in [-0.4, -0.2) is 30.6 Å². The van der Waals surface area contributed by atoms with Crippen LogP contribution in [0.2, 0.25) is 0 Å². The van der Waals surface area contributed by atoms with E-state index >= 15 is 0 Å². The average Bonchev–Trinajstić information content (AvgIpc) is 2.92. The summed E-state index contributed by atoms with van der Waals surface area (Å²) in [6, 6.07) is 0.456. The Kier molecular flexibility index (Phi) is 4.23. The van der Waals surface area contributed by atoms with Crippen molar-refractivity contribution < 1.29 is 9.53 Å². The lowest BCUT2D eigenvalue weighted by Gasteiger charge is -2.43. The van der Waals surface area contributed by atoms with Gasteiger partial charge in [0.05, 0.1) is 5.60 Å². The predicted octanol–water partition coefficient (Wildman–Crippen LogP) is 2.83. The first-order valence-corrected chi connectivity index (χ1v) is 8.18. The van der Waals surface area contributed by atoms with Crippen molar-refractivity contribution in [2.75, 3.05) is 13.2 Å². The van der Waals surface area contributed by atoms with E-state index in [1.165, 1.54) is 44.9 Å². The first-order valence-electron chi connectivity index (χ1n) is 8.18. The van der Waals surface area contributed by atoms with Crippen LogP contribution in [0.4, 0.5) is 0 Å². The zero-order valence-corrected chi connectivity index (χ0v) is 12.0. The Hall–Kier alpha value is -0.410. The number of rotatable bonds is 3. The maximum Gasteiger partial charge on any atom is 0.137 e. The molecule has 2 aliphatic heterocycles. The summed E-state index contributed by atoms with van der Waals surface area (Å²) in [7, 11) is 0. The van der Waals surface area contributed by atoms with Gasteiger partial charge in [-0.15, -0.1) is 0 Å². The number of ether oxygens (including phenoxy) is 1. The molecule has 3 rings (SSSR count). The topological polar surface area (TPSA) is 38.3 Å². The highest BCUT2D eigenvalue weighted by molar-refractivity contribution is 5.81. The molecule has 0 radical (unpaired) electrons. The van der Waals surface area contributed by atoms with Crippen molar-refractivity contribution in [2.45, 2.75) is 75.9 Å². The molecule has 2 unspecified atom stereocenters. The maximum atomic E-state index is 12.5. The molecule has 1 aliphatic carbocycles. The minimum Gasteiger partial charge on any atom is -0.375 e. The highest BCUT2D eigenvalue weighted by Crippen LogP contribution is 2.41. The third-order valence-electron chi connectivity index (χ3n) is 5.32. The fourth-order valence-electron chi connectivity index (χ4n) is 4.19. The first-order chi connectivity index (χ1) is 9.27. The van der Waals surface area contributed by atoms with Crippen LogP contribution in [0.5, 0.6) is 0 Å². The SMILES string of the molecule is O=C(CC1CCCN1)C1CCOC2(CCCCC2)C1. The Bertz CT molecular complexity index is 311. The van der Waals surface area contributed by atoms with Gasteiger partial charge >= 0.3 is 0 Å². The Balaban J connectivity index is 1.56. The molecular formula is C16H27NO2. The lowest BCUT2D eigenvalue weighted by atomic mass is 9.74. The van der Waals surface area contributed by atoms with E-state index in [0.717, 1.165) is 32.4 Å². The van der Waals surface area contributed by atoms with E-state index in [9.17, 15) is 4.79 Å². The molecule has 108 valence electrons. The molecule has 1 saturated carbocycles. The van der Waals surface area contributed by atoms with Gasteiger partial charge in [-0.1, -0.05) is 19.3 Å². The van der Waals surface area contributed by atoms with Crippen LogP contribution in [0.3, 0.4) is 0 Å². The number of ketones is 1. The lowest BCUT2D eigenvalue weighted by molar-refractivity contribution is -0.143. The highest BCUT2D eigenvalue weighted by atomic mass is 16.5. The molecule has 1 N–H and O–H groups in total. The number of carbonyl (C=O) groups is 1. The summed E-state index contributed by atoms with van der Waals surface area (Å²) in [5.41, 5.74) is 0.0694. The van der Waals surface area contributed by atoms with Gasteiger partial charge in [0.1, 0.15) is 5.78 Å². The zero-order chi connectivity index (χ0) is 13.1. The fraction of sp³-hybridized carbons (Fsp3) is 0.938. The number of hydrogen-bond donors (Lipinski definition) is 1. The van der Waals surface area contributed by atoms with E-state index in [4.69, 9.17) is 4.74 Å². The van der Waals surface area contributed by atoms with Gasteiger partial charge in [-0.2, -0.15) is 0 Å². The van der Waals surface area contributed by atoms with Crippen LogP contribution >= 0.6 is 0 Å². The predicted molar refractivity (Wildman–Crippen MR) is 75.1 cm³/mol.